The van der Waals surface area contributed by atoms with E-state index in [1.807, 2.05) is 27.7 Å². The van der Waals surface area contributed by atoms with E-state index in [1.165, 1.54) is 18.2 Å². The zero-order valence-electron chi connectivity index (χ0n) is 13.0. The Kier molecular flexibility index (Phi) is 3.38. The van der Waals surface area contributed by atoms with Gasteiger partial charge in [0.15, 0.2) is 11.5 Å². The van der Waals surface area contributed by atoms with Gasteiger partial charge in [0.05, 0.1) is 11.2 Å². The molecule has 118 valence electrons. The number of hydrogen-bond acceptors (Lipinski definition) is 5. The molecule has 3 rings (SSSR count). The predicted molar refractivity (Wildman–Crippen MR) is 79.4 cm³/mol. The zero-order valence-corrected chi connectivity index (χ0v) is 13.0. The molecule has 0 bridgehead atoms. The van der Waals surface area contributed by atoms with Gasteiger partial charge in [0.2, 0.25) is 6.79 Å². The van der Waals surface area contributed by atoms with Crippen LogP contribution in [0.15, 0.2) is 17.9 Å². The Morgan fingerprint density at radius 1 is 1.14 bits per heavy atom. The van der Waals surface area contributed by atoms with Crippen LogP contribution in [-0.4, -0.2) is 30.2 Å². The third-order valence-corrected chi connectivity index (χ3v) is 4.29. The van der Waals surface area contributed by atoms with Crippen molar-refractivity contribution < 1.29 is 28.3 Å². The molecule has 1 fully saturated rings. The van der Waals surface area contributed by atoms with E-state index in [9.17, 15) is 9.50 Å². The highest BCUT2D eigenvalue weighted by Gasteiger charge is 2.53. The Balaban J connectivity index is 1.87. The van der Waals surface area contributed by atoms with Crippen molar-refractivity contribution in [3.05, 3.63) is 23.4 Å². The highest BCUT2D eigenvalue weighted by Crippen LogP contribution is 2.41. The summed E-state index contributed by atoms with van der Waals surface area (Å²) in [6, 6.07) is 2.91. The second-order valence-electron chi connectivity index (χ2n) is 6.38. The number of halogens is 1. The topological polar surface area (TPSA) is 57.2 Å². The summed E-state index contributed by atoms with van der Waals surface area (Å²) < 4.78 is 36.1. The second kappa shape index (κ2) is 4.89. The number of fused-ring (bicyclic) bond motifs is 1. The van der Waals surface area contributed by atoms with Crippen LogP contribution in [0.1, 0.15) is 33.3 Å². The first-order valence-corrected chi connectivity index (χ1v) is 7.05. The fraction of sp³-hybridized carbons (Fsp3) is 0.467. The highest BCUT2D eigenvalue weighted by atomic mass is 19.1. The molecular weight excluding hydrogens is 290 g/mol. The minimum absolute atomic E-state index is 0.0850. The molecule has 22 heavy (non-hydrogen) atoms. The number of rotatable bonds is 2. The monoisotopic (exact) mass is 308 g/mol. The number of aromatic hydroxyl groups is 1. The van der Waals surface area contributed by atoms with Gasteiger partial charge in [-0.2, -0.15) is 0 Å². The molecule has 5 nitrogen and oxygen atoms in total. The van der Waals surface area contributed by atoms with E-state index in [1.54, 1.807) is 0 Å². The summed E-state index contributed by atoms with van der Waals surface area (Å²) in [6.45, 7) is 7.47. The van der Waals surface area contributed by atoms with Gasteiger partial charge in [-0.05, 0) is 39.8 Å². The maximum Gasteiger partial charge on any atom is 0.525 e. The summed E-state index contributed by atoms with van der Waals surface area (Å²) >= 11 is 0. The number of phenols is 1. The molecule has 2 heterocycles. The minimum Gasteiger partial charge on any atom is -0.507 e. The van der Waals surface area contributed by atoms with Gasteiger partial charge in [-0.15, -0.1) is 0 Å². The Morgan fingerprint density at radius 3 is 2.27 bits per heavy atom. The molecule has 1 N–H and O–H groups in total. The Morgan fingerprint density at radius 2 is 1.68 bits per heavy atom. The SMILES string of the molecule is CC1(C)OB(C(F)=Cc2cc3c(cc2O)OCO3)OC1(C)C. The molecule has 0 atom stereocenters. The van der Waals surface area contributed by atoms with Gasteiger partial charge in [0.25, 0.3) is 0 Å². The molecule has 1 saturated heterocycles. The predicted octanol–water partition coefficient (Wildman–Crippen LogP) is 3.06. The molecular formula is C15H18BFO5. The van der Waals surface area contributed by atoms with Crippen molar-refractivity contribution in [2.24, 2.45) is 0 Å². The van der Waals surface area contributed by atoms with Crippen molar-refractivity contribution >= 4 is 13.2 Å². The van der Waals surface area contributed by atoms with E-state index in [0.29, 0.717) is 11.5 Å². The molecule has 2 aliphatic heterocycles. The van der Waals surface area contributed by atoms with Crippen molar-refractivity contribution in [1.29, 1.82) is 0 Å². The van der Waals surface area contributed by atoms with Crippen LogP contribution in [0, 0.1) is 0 Å². The van der Waals surface area contributed by atoms with Crippen molar-refractivity contribution in [2.45, 2.75) is 38.9 Å². The van der Waals surface area contributed by atoms with E-state index in [2.05, 4.69) is 0 Å². The minimum atomic E-state index is -1.10. The maximum absolute atomic E-state index is 14.4. The maximum atomic E-state index is 14.4. The quantitative estimate of drug-likeness (QED) is 0.851. The van der Waals surface area contributed by atoms with Crippen LogP contribution in [0.25, 0.3) is 6.08 Å². The lowest BCUT2D eigenvalue weighted by Gasteiger charge is -2.32. The summed E-state index contributed by atoms with van der Waals surface area (Å²) in [5.41, 5.74) is -1.59. The number of benzene rings is 1. The molecule has 0 aliphatic carbocycles. The van der Waals surface area contributed by atoms with Crippen LogP contribution in [0.2, 0.25) is 0 Å². The Hall–Kier alpha value is -1.73. The molecule has 7 heteroatoms. The van der Waals surface area contributed by atoms with Gasteiger partial charge in [-0.3, -0.25) is 0 Å². The summed E-state index contributed by atoms with van der Waals surface area (Å²) in [7, 11) is -1.10. The fourth-order valence-corrected chi connectivity index (χ4v) is 2.23. The lowest BCUT2D eigenvalue weighted by atomic mass is 9.86. The lowest BCUT2D eigenvalue weighted by molar-refractivity contribution is 0.00578. The van der Waals surface area contributed by atoms with Crippen molar-refractivity contribution in [3.63, 3.8) is 0 Å². The standard InChI is InChI=1S/C15H18BFO5/c1-14(2)15(3,4)22-16(21-14)13(17)6-9-5-11-12(7-10(9)18)20-8-19-11/h5-7,18H,8H2,1-4H3. The van der Waals surface area contributed by atoms with Crippen LogP contribution in [-0.2, 0) is 9.31 Å². The smallest absolute Gasteiger partial charge is 0.507 e. The fourth-order valence-electron chi connectivity index (χ4n) is 2.23. The molecule has 1 aromatic rings. The van der Waals surface area contributed by atoms with Crippen LogP contribution in [0.4, 0.5) is 4.39 Å². The average molecular weight is 308 g/mol. The lowest BCUT2D eigenvalue weighted by Crippen LogP contribution is -2.41. The zero-order chi connectivity index (χ0) is 16.1. The van der Waals surface area contributed by atoms with Crippen LogP contribution < -0.4 is 9.47 Å². The van der Waals surface area contributed by atoms with E-state index in [-0.39, 0.29) is 18.1 Å². The third kappa shape index (κ3) is 2.44. The van der Waals surface area contributed by atoms with Gasteiger partial charge in [0.1, 0.15) is 11.5 Å². The molecule has 0 aromatic heterocycles. The molecule has 0 spiro atoms. The Labute approximate surface area is 128 Å². The van der Waals surface area contributed by atoms with Crippen molar-refractivity contribution in [3.8, 4) is 17.2 Å². The molecule has 0 amide bonds. The third-order valence-electron chi connectivity index (χ3n) is 4.29. The first-order chi connectivity index (χ1) is 10.2. The van der Waals surface area contributed by atoms with Crippen LogP contribution in [0.3, 0.4) is 0 Å². The molecule has 0 radical (unpaired) electrons. The average Bonchev–Trinajstić information content (AvgIpc) is 2.92. The van der Waals surface area contributed by atoms with Gasteiger partial charge in [-0.1, -0.05) is 0 Å². The van der Waals surface area contributed by atoms with E-state index in [4.69, 9.17) is 18.8 Å². The summed E-state index contributed by atoms with van der Waals surface area (Å²) in [5.74, 6) is 0.798. The molecule has 1 aromatic carbocycles. The van der Waals surface area contributed by atoms with E-state index in [0.717, 1.165) is 0 Å². The van der Waals surface area contributed by atoms with E-state index < -0.39 is 24.0 Å². The molecule has 0 saturated carbocycles. The first kappa shape index (κ1) is 15.2. The second-order valence-corrected chi connectivity index (χ2v) is 6.38. The number of hydrogen-bond donors (Lipinski definition) is 1. The summed E-state index contributed by atoms with van der Waals surface area (Å²) in [4.78, 5) is 0. The van der Waals surface area contributed by atoms with Crippen LogP contribution in [0.5, 0.6) is 17.2 Å². The van der Waals surface area contributed by atoms with Gasteiger partial charge in [0, 0.05) is 11.6 Å². The van der Waals surface area contributed by atoms with Crippen LogP contribution >= 0.6 is 0 Å². The van der Waals surface area contributed by atoms with Gasteiger partial charge >= 0.3 is 7.12 Å². The van der Waals surface area contributed by atoms with E-state index >= 15 is 0 Å². The van der Waals surface area contributed by atoms with Gasteiger partial charge in [-0.25, -0.2) is 4.39 Å². The number of phenolic OH excluding ortho intramolecular Hbond substituents is 1. The highest BCUT2D eigenvalue weighted by molar-refractivity contribution is 6.54. The van der Waals surface area contributed by atoms with Crippen molar-refractivity contribution in [2.75, 3.05) is 6.79 Å². The summed E-state index contributed by atoms with van der Waals surface area (Å²) in [6.07, 6.45) is 1.18. The summed E-state index contributed by atoms with van der Waals surface area (Å²) in [5, 5.41) is 9.94. The Bertz CT molecular complexity index is 625. The normalized spacial score (nSPS) is 22.2. The molecule has 0 unspecified atom stereocenters. The van der Waals surface area contributed by atoms with Gasteiger partial charge < -0.3 is 23.9 Å². The molecule has 2 aliphatic rings. The first-order valence-electron chi connectivity index (χ1n) is 7.05. The number of ether oxygens (including phenoxy) is 2. The largest absolute Gasteiger partial charge is 0.525 e. The van der Waals surface area contributed by atoms with Crippen molar-refractivity contribution in [1.82, 2.24) is 0 Å².